The number of carbonyl (C=O) groups excluding carboxylic acids is 1. The first-order valence-corrected chi connectivity index (χ1v) is 6.30. The fourth-order valence-corrected chi connectivity index (χ4v) is 1.56. The largest absolute Gasteiger partial charge is 0.481 e. The molecule has 1 aromatic heterocycles. The van der Waals surface area contributed by atoms with Crippen molar-refractivity contribution in [2.24, 2.45) is 0 Å². The second kappa shape index (κ2) is 7.98. The van der Waals surface area contributed by atoms with Gasteiger partial charge >= 0.3 is 12.0 Å². The van der Waals surface area contributed by atoms with Crippen LogP contribution in [-0.2, 0) is 11.3 Å². The van der Waals surface area contributed by atoms with E-state index >= 15 is 0 Å². The molecule has 0 aliphatic carbocycles. The average Bonchev–Trinajstić information content (AvgIpc) is 2.44. The highest BCUT2D eigenvalue weighted by molar-refractivity contribution is 5.75. The van der Waals surface area contributed by atoms with Gasteiger partial charge in [0.2, 0.25) is 5.88 Å². The molecule has 1 atom stereocenters. The standard InChI is InChI=1S/C13H19N3O4/c1-3-10(6-12(17)18)16-13(19)15-8-9-4-5-11(20-2)14-7-9/h4-5,7,10H,3,6,8H2,1-2H3,(H,17,18)(H2,15,16,19). The van der Waals surface area contributed by atoms with Gasteiger partial charge in [-0.25, -0.2) is 9.78 Å². The minimum atomic E-state index is -0.934. The van der Waals surface area contributed by atoms with Crippen LogP contribution in [0.1, 0.15) is 25.3 Å². The number of carboxylic acid groups (broad SMARTS) is 1. The topological polar surface area (TPSA) is 101 Å². The molecule has 20 heavy (non-hydrogen) atoms. The van der Waals surface area contributed by atoms with Crippen molar-refractivity contribution in [3.05, 3.63) is 23.9 Å². The molecule has 0 aromatic carbocycles. The monoisotopic (exact) mass is 281 g/mol. The van der Waals surface area contributed by atoms with Crippen molar-refractivity contribution in [3.63, 3.8) is 0 Å². The molecule has 0 bridgehead atoms. The van der Waals surface area contributed by atoms with Crippen molar-refractivity contribution in [2.75, 3.05) is 7.11 Å². The second-order valence-corrected chi connectivity index (χ2v) is 4.24. The summed E-state index contributed by atoms with van der Waals surface area (Å²) in [5.74, 6) is -0.429. The van der Waals surface area contributed by atoms with Gasteiger partial charge in [0.05, 0.1) is 13.5 Å². The number of pyridine rings is 1. The molecule has 7 nitrogen and oxygen atoms in total. The maximum atomic E-state index is 11.6. The number of nitrogens with zero attached hydrogens (tertiary/aromatic N) is 1. The molecule has 0 saturated heterocycles. The van der Waals surface area contributed by atoms with Gasteiger partial charge in [0, 0.05) is 24.8 Å². The number of methoxy groups -OCH3 is 1. The SMILES string of the molecule is CCC(CC(=O)O)NC(=O)NCc1ccc(OC)nc1. The zero-order chi connectivity index (χ0) is 15.0. The molecule has 1 rings (SSSR count). The third kappa shape index (κ3) is 5.55. The minimum Gasteiger partial charge on any atom is -0.481 e. The van der Waals surface area contributed by atoms with Gasteiger partial charge in [0.1, 0.15) is 0 Å². The Labute approximate surface area is 117 Å². The molecule has 0 aliphatic rings. The zero-order valence-corrected chi connectivity index (χ0v) is 11.5. The normalized spacial score (nSPS) is 11.5. The molecule has 0 radical (unpaired) electrons. The summed E-state index contributed by atoms with van der Waals surface area (Å²) in [5.41, 5.74) is 0.826. The molecule has 110 valence electrons. The number of amides is 2. The Morgan fingerprint density at radius 3 is 2.70 bits per heavy atom. The summed E-state index contributed by atoms with van der Waals surface area (Å²) in [6.45, 7) is 2.13. The van der Waals surface area contributed by atoms with E-state index in [1.165, 1.54) is 7.11 Å². The van der Waals surface area contributed by atoms with Gasteiger partial charge in [0.15, 0.2) is 0 Å². The predicted octanol–water partition coefficient (Wildman–Crippen LogP) is 1.14. The van der Waals surface area contributed by atoms with Crippen LogP contribution in [0.2, 0.25) is 0 Å². The number of aromatic nitrogens is 1. The van der Waals surface area contributed by atoms with E-state index in [2.05, 4.69) is 15.6 Å². The molecule has 1 aromatic rings. The van der Waals surface area contributed by atoms with Crippen LogP contribution in [0.4, 0.5) is 4.79 Å². The summed E-state index contributed by atoms with van der Waals surface area (Å²) < 4.78 is 4.93. The number of ether oxygens (including phenoxy) is 1. The minimum absolute atomic E-state index is 0.0893. The third-order valence-electron chi connectivity index (χ3n) is 2.71. The average molecular weight is 281 g/mol. The Bertz CT molecular complexity index is 447. The van der Waals surface area contributed by atoms with E-state index in [1.54, 1.807) is 18.3 Å². The first-order chi connectivity index (χ1) is 9.55. The molecular weight excluding hydrogens is 262 g/mol. The predicted molar refractivity (Wildman–Crippen MR) is 72.5 cm³/mol. The van der Waals surface area contributed by atoms with Crippen molar-refractivity contribution < 1.29 is 19.4 Å². The van der Waals surface area contributed by atoms with E-state index in [4.69, 9.17) is 9.84 Å². The van der Waals surface area contributed by atoms with E-state index < -0.39 is 12.0 Å². The molecule has 0 aliphatic heterocycles. The van der Waals surface area contributed by atoms with E-state index in [0.717, 1.165) is 5.56 Å². The molecule has 3 N–H and O–H groups in total. The quantitative estimate of drug-likeness (QED) is 0.696. The number of carboxylic acids is 1. The van der Waals surface area contributed by atoms with Crippen LogP contribution in [0.15, 0.2) is 18.3 Å². The van der Waals surface area contributed by atoms with Gasteiger partial charge in [0.25, 0.3) is 0 Å². The molecule has 7 heteroatoms. The summed E-state index contributed by atoms with van der Waals surface area (Å²) in [5, 5.41) is 14.0. The number of urea groups is 1. The highest BCUT2D eigenvalue weighted by Gasteiger charge is 2.13. The third-order valence-corrected chi connectivity index (χ3v) is 2.71. The lowest BCUT2D eigenvalue weighted by Gasteiger charge is -2.15. The van der Waals surface area contributed by atoms with Gasteiger partial charge < -0.3 is 20.5 Å². The van der Waals surface area contributed by atoms with Crippen molar-refractivity contribution in [1.29, 1.82) is 0 Å². The summed E-state index contributed by atoms with van der Waals surface area (Å²) >= 11 is 0. The lowest BCUT2D eigenvalue weighted by molar-refractivity contribution is -0.137. The molecule has 0 spiro atoms. The van der Waals surface area contributed by atoms with E-state index in [-0.39, 0.29) is 12.5 Å². The summed E-state index contributed by atoms with van der Waals surface area (Å²) in [4.78, 5) is 26.2. The Morgan fingerprint density at radius 2 is 2.20 bits per heavy atom. The van der Waals surface area contributed by atoms with Crippen LogP contribution >= 0.6 is 0 Å². The molecule has 0 saturated carbocycles. The molecule has 1 heterocycles. The highest BCUT2D eigenvalue weighted by Crippen LogP contribution is 2.06. The Hall–Kier alpha value is -2.31. The van der Waals surface area contributed by atoms with Crippen molar-refractivity contribution in [3.8, 4) is 5.88 Å². The van der Waals surface area contributed by atoms with Crippen molar-refractivity contribution >= 4 is 12.0 Å². The first kappa shape index (κ1) is 15.7. The lowest BCUT2D eigenvalue weighted by atomic mass is 10.1. The number of hydrogen-bond acceptors (Lipinski definition) is 4. The van der Waals surface area contributed by atoms with E-state index in [9.17, 15) is 9.59 Å². The number of hydrogen-bond donors (Lipinski definition) is 3. The highest BCUT2D eigenvalue weighted by atomic mass is 16.5. The number of aliphatic carboxylic acids is 1. The van der Waals surface area contributed by atoms with Crippen LogP contribution in [0.5, 0.6) is 5.88 Å². The van der Waals surface area contributed by atoms with Gasteiger partial charge in [-0.1, -0.05) is 13.0 Å². The lowest BCUT2D eigenvalue weighted by Crippen LogP contribution is -2.42. The van der Waals surface area contributed by atoms with Crippen LogP contribution in [0.3, 0.4) is 0 Å². The fourth-order valence-electron chi connectivity index (χ4n) is 1.56. The van der Waals surface area contributed by atoms with Crippen LogP contribution < -0.4 is 15.4 Å². The number of carbonyl (C=O) groups is 2. The van der Waals surface area contributed by atoms with Crippen molar-refractivity contribution in [2.45, 2.75) is 32.4 Å². The van der Waals surface area contributed by atoms with Crippen LogP contribution in [0, 0.1) is 0 Å². The smallest absolute Gasteiger partial charge is 0.315 e. The fraction of sp³-hybridized carbons (Fsp3) is 0.462. The van der Waals surface area contributed by atoms with Crippen molar-refractivity contribution in [1.82, 2.24) is 15.6 Å². The summed E-state index contributed by atoms with van der Waals surface area (Å²) in [6.07, 6.45) is 2.07. The number of rotatable bonds is 7. The maximum absolute atomic E-state index is 11.6. The van der Waals surface area contributed by atoms with E-state index in [1.807, 2.05) is 6.92 Å². The second-order valence-electron chi connectivity index (χ2n) is 4.24. The Kier molecular flexibility index (Phi) is 6.28. The van der Waals surface area contributed by atoms with Gasteiger partial charge in [-0.3, -0.25) is 4.79 Å². The molecule has 2 amide bonds. The molecule has 0 fully saturated rings. The van der Waals surface area contributed by atoms with Crippen LogP contribution in [-0.4, -0.2) is 35.2 Å². The van der Waals surface area contributed by atoms with Gasteiger partial charge in [-0.15, -0.1) is 0 Å². The Balaban J connectivity index is 2.39. The van der Waals surface area contributed by atoms with Crippen LogP contribution in [0.25, 0.3) is 0 Å². The summed E-state index contributed by atoms with van der Waals surface area (Å²) in [7, 11) is 1.53. The zero-order valence-electron chi connectivity index (χ0n) is 11.5. The molecular formula is C13H19N3O4. The number of nitrogens with one attached hydrogen (secondary N) is 2. The van der Waals surface area contributed by atoms with E-state index in [0.29, 0.717) is 18.8 Å². The Morgan fingerprint density at radius 1 is 1.45 bits per heavy atom. The summed E-state index contributed by atoms with van der Waals surface area (Å²) in [6, 6.07) is 2.73. The molecule has 1 unspecified atom stereocenters. The van der Waals surface area contributed by atoms with Gasteiger partial charge in [-0.2, -0.15) is 0 Å². The first-order valence-electron chi connectivity index (χ1n) is 6.30. The maximum Gasteiger partial charge on any atom is 0.315 e. The van der Waals surface area contributed by atoms with Gasteiger partial charge in [-0.05, 0) is 12.0 Å².